The van der Waals surface area contributed by atoms with E-state index in [-0.39, 0.29) is 5.43 Å². The first-order valence-electron chi connectivity index (χ1n) is 5.04. The van der Waals surface area contributed by atoms with Crippen LogP contribution < -0.4 is 5.43 Å². The van der Waals surface area contributed by atoms with E-state index in [4.69, 9.17) is 0 Å². The second-order valence-electron chi connectivity index (χ2n) is 3.85. The molecule has 3 aromatic rings. The van der Waals surface area contributed by atoms with Gasteiger partial charge in [0.2, 0.25) is 0 Å². The van der Waals surface area contributed by atoms with E-state index in [0.717, 1.165) is 26.8 Å². The lowest BCUT2D eigenvalue weighted by molar-refractivity contribution is 1.01. The van der Waals surface area contributed by atoms with Gasteiger partial charge in [0.25, 0.3) is 0 Å². The van der Waals surface area contributed by atoms with Crippen molar-refractivity contribution in [1.29, 1.82) is 0 Å². The van der Waals surface area contributed by atoms with Crippen LogP contribution in [0, 0.1) is 6.92 Å². The molecule has 2 aromatic heterocycles. The summed E-state index contributed by atoms with van der Waals surface area (Å²) < 4.78 is 6.30. The van der Waals surface area contributed by atoms with Crippen LogP contribution in [0.4, 0.5) is 0 Å². The molecule has 0 N–H and O–H groups in total. The molecule has 80 valence electrons. The first kappa shape index (κ1) is 9.54. The Hall–Kier alpha value is -1.68. The Morgan fingerprint density at radius 2 is 2.06 bits per heavy atom. The second-order valence-corrected chi connectivity index (χ2v) is 4.61. The van der Waals surface area contributed by atoms with E-state index >= 15 is 0 Å². The molecule has 1 aromatic carbocycles. The molecule has 3 rings (SSSR count). The van der Waals surface area contributed by atoms with E-state index in [1.807, 2.05) is 42.8 Å². The fraction of sp³-hybridized carbons (Fsp3) is 0.167. The molecule has 2 heterocycles. The summed E-state index contributed by atoms with van der Waals surface area (Å²) in [6.45, 7) is 1.88. The van der Waals surface area contributed by atoms with Crippen LogP contribution in [0.2, 0.25) is 0 Å². The van der Waals surface area contributed by atoms with Crippen molar-refractivity contribution in [2.75, 3.05) is 0 Å². The van der Waals surface area contributed by atoms with Crippen molar-refractivity contribution >= 4 is 32.7 Å². The molecule has 4 heteroatoms. The third-order valence-electron chi connectivity index (χ3n) is 2.89. The minimum atomic E-state index is 0.0925. The first-order chi connectivity index (χ1) is 7.70. The highest BCUT2D eigenvalue weighted by atomic mass is 32.1. The third kappa shape index (κ3) is 1.08. The van der Waals surface area contributed by atoms with Crippen LogP contribution in [-0.2, 0) is 7.05 Å². The smallest absolute Gasteiger partial charge is 0.200 e. The Morgan fingerprint density at radius 1 is 1.31 bits per heavy atom. The second kappa shape index (κ2) is 3.15. The van der Waals surface area contributed by atoms with Crippen molar-refractivity contribution in [2.24, 2.45) is 7.05 Å². The maximum absolute atomic E-state index is 12.3. The zero-order valence-electron chi connectivity index (χ0n) is 9.02. The molecule has 0 atom stereocenters. The van der Waals surface area contributed by atoms with Gasteiger partial charge in [0.1, 0.15) is 4.83 Å². The molecule has 0 aliphatic carbocycles. The van der Waals surface area contributed by atoms with Crippen LogP contribution in [0.25, 0.3) is 21.1 Å². The van der Waals surface area contributed by atoms with Gasteiger partial charge >= 0.3 is 0 Å². The van der Waals surface area contributed by atoms with E-state index < -0.39 is 0 Å². The zero-order valence-corrected chi connectivity index (χ0v) is 9.84. The van der Waals surface area contributed by atoms with Gasteiger partial charge in [0.05, 0.1) is 16.6 Å². The molecule has 0 bridgehead atoms. The number of hydrogen-bond donors (Lipinski definition) is 0. The lowest BCUT2D eigenvalue weighted by Gasteiger charge is -2.05. The molecule has 0 unspecified atom stereocenters. The summed E-state index contributed by atoms with van der Waals surface area (Å²) in [4.78, 5) is 13.2. The minimum absolute atomic E-state index is 0.0925. The van der Waals surface area contributed by atoms with Gasteiger partial charge in [-0.05, 0) is 30.6 Å². The van der Waals surface area contributed by atoms with E-state index in [1.54, 1.807) is 0 Å². The molecule has 0 spiro atoms. The minimum Gasteiger partial charge on any atom is -0.334 e. The summed E-state index contributed by atoms with van der Waals surface area (Å²) in [5.41, 5.74) is 1.88. The van der Waals surface area contributed by atoms with Gasteiger partial charge in [0, 0.05) is 12.4 Å². The molecule has 0 radical (unpaired) electrons. The molecule has 0 saturated heterocycles. The highest BCUT2D eigenvalue weighted by molar-refractivity contribution is 7.13. The van der Waals surface area contributed by atoms with Crippen LogP contribution in [-0.4, -0.2) is 8.94 Å². The third-order valence-corrected chi connectivity index (χ3v) is 3.90. The van der Waals surface area contributed by atoms with Gasteiger partial charge in [-0.25, -0.2) is 0 Å². The van der Waals surface area contributed by atoms with Crippen LogP contribution in [0.1, 0.15) is 5.69 Å². The van der Waals surface area contributed by atoms with Crippen LogP contribution in [0.5, 0.6) is 0 Å². The van der Waals surface area contributed by atoms with Gasteiger partial charge in [-0.15, -0.1) is 0 Å². The van der Waals surface area contributed by atoms with Crippen molar-refractivity contribution in [2.45, 2.75) is 6.92 Å². The number of aromatic nitrogens is 2. The van der Waals surface area contributed by atoms with Crippen LogP contribution in [0.15, 0.2) is 29.1 Å². The van der Waals surface area contributed by atoms with Crippen LogP contribution in [0.3, 0.4) is 0 Å². The molecule has 0 saturated carbocycles. The molecular weight excluding hydrogens is 220 g/mol. The number of hydrogen-bond acceptors (Lipinski definition) is 3. The molecule has 3 nitrogen and oxygen atoms in total. The van der Waals surface area contributed by atoms with Gasteiger partial charge < -0.3 is 4.57 Å². The van der Waals surface area contributed by atoms with Gasteiger partial charge in [-0.1, -0.05) is 12.1 Å². The van der Waals surface area contributed by atoms with E-state index in [9.17, 15) is 4.79 Å². The molecule has 0 aliphatic rings. The van der Waals surface area contributed by atoms with Gasteiger partial charge in [0.15, 0.2) is 5.43 Å². The molecule has 16 heavy (non-hydrogen) atoms. The Labute approximate surface area is 96.1 Å². The predicted molar refractivity (Wildman–Crippen MR) is 67.1 cm³/mol. The summed E-state index contributed by atoms with van der Waals surface area (Å²) in [7, 11) is 1.97. The summed E-state index contributed by atoms with van der Waals surface area (Å²) >= 11 is 1.38. The number of benzene rings is 1. The molecule has 0 aliphatic heterocycles. The lowest BCUT2D eigenvalue weighted by atomic mass is 10.1. The largest absolute Gasteiger partial charge is 0.334 e. The lowest BCUT2D eigenvalue weighted by Crippen LogP contribution is -2.07. The summed E-state index contributed by atoms with van der Waals surface area (Å²) in [5, 5.41) is 1.52. The number of fused-ring (bicyclic) bond motifs is 2. The number of nitrogens with zero attached hydrogens (tertiary/aromatic N) is 2. The summed E-state index contributed by atoms with van der Waals surface area (Å²) in [6, 6.07) is 7.67. The first-order valence-corrected chi connectivity index (χ1v) is 5.81. The normalized spacial score (nSPS) is 11.4. The molecular formula is C12H10N2OS. The van der Waals surface area contributed by atoms with Gasteiger partial charge in [-0.3, -0.25) is 4.79 Å². The predicted octanol–water partition coefficient (Wildman–Crippen LogP) is 2.46. The monoisotopic (exact) mass is 230 g/mol. The van der Waals surface area contributed by atoms with E-state index in [0.29, 0.717) is 0 Å². The maximum atomic E-state index is 12.3. The van der Waals surface area contributed by atoms with Crippen molar-refractivity contribution < 1.29 is 0 Å². The highest BCUT2D eigenvalue weighted by Crippen LogP contribution is 2.22. The number of pyridine rings is 1. The zero-order chi connectivity index (χ0) is 11.3. The quantitative estimate of drug-likeness (QED) is 0.594. The standard InChI is InChI=1S/C12H10N2OS/c1-7-10-11(15)8-5-3-4-6-9(8)14(2)12(10)16-13-7/h3-6H,1-2H3. The molecule has 0 amide bonds. The fourth-order valence-corrected chi connectivity index (χ4v) is 2.92. The Balaban J connectivity index is 2.75. The number of rotatable bonds is 0. The summed E-state index contributed by atoms with van der Waals surface area (Å²) in [5.74, 6) is 0. The highest BCUT2D eigenvalue weighted by Gasteiger charge is 2.12. The topological polar surface area (TPSA) is 34.9 Å². The fourth-order valence-electron chi connectivity index (χ4n) is 2.05. The van der Waals surface area contributed by atoms with Crippen LogP contribution >= 0.6 is 11.5 Å². The van der Waals surface area contributed by atoms with Crippen molar-refractivity contribution in [1.82, 2.24) is 8.94 Å². The Morgan fingerprint density at radius 3 is 2.88 bits per heavy atom. The number of para-hydroxylation sites is 1. The van der Waals surface area contributed by atoms with Gasteiger partial charge in [-0.2, -0.15) is 4.37 Å². The number of aryl methyl sites for hydroxylation is 2. The van der Waals surface area contributed by atoms with Crippen molar-refractivity contribution in [3.05, 3.63) is 40.2 Å². The maximum Gasteiger partial charge on any atom is 0.200 e. The van der Waals surface area contributed by atoms with Crippen molar-refractivity contribution in [3.8, 4) is 0 Å². The molecule has 0 fully saturated rings. The van der Waals surface area contributed by atoms with E-state index in [1.165, 1.54) is 11.5 Å². The average molecular weight is 230 g/mol. The summed E-state index contributed by atoms with van der Waals surface area (Å²) in [6.07, 6.45) is 0. The SMILES string of the molecule is Cc1nsc2c1c(=O)c1ccccc1n2C. The van der Waals surface area contributed by atoms with Crippen molar-refractivity contribution in [3.63, 3.8) is 0 Å². The Bertz CT molecular complexity index is 755. The van der Waals surface area contributed by atoms with E-state index in [2.05, 4.69) is 4.37 Å². The average Bonchev–Trinajstić information content (AvgIpc) is 2.69. The Kier molecular flexibility index (Phi) is 1.88.